The Kier molecular flexibility index (Phi) is 4.68. The molecule has 0 radical (unpaired) electrons. The summed E-state index contributed by atoms with van der Waals surface area (Å²) in [5, 5.41) is 12.1. The molecule has 118 valence electrons. The second-order valence-electron chi connectivity index (χ2n) is 6.67. The van der Waals surface area contributed by atoms with E-state index >= 15 is 0 Å². The van der Waals surface area contributed by atoms with Crippen LogP contribution >= 0.6 is 11.8 Å². The average molecular weight is 313 g/mol. The monoisotopic (exact) mass is 313 g/mol. The van der Waals surface area contributed by atoms with Crippen molar-refractivity contribution in [2.45, 2.75) is 51.6 Å². The number of piperidine rings is 1. The number of amides is 1. The summed E-state index contributed by atoms with van der Waals surface area (Å²) in [5.74, 6) is -0.341. The van der Waals surface area contributed by atoms with Gasteiger partial charge in [0.15, 0.2) is 5.78 Å². The minimum atomic E-state index is -1.01. The van der Waals surface area contributed by atoms with Crippen LogP contribution in [0.1, 0.15) is 34.1 Å². The van der Waals surface area contributed by atoms with Crippen molar-refractivity contribution in [3.63, 3.8) is 0 Å². The van der Waals surface area contributed by atoms with Gasteiger partial charge in [0.1, 0.15) is 6.23 Å². The molecule has 0 bridgehead atoms. The molecule has 21 heavy (non-hydrogen) atoms. The predicted molar refractivity (Wildman–Crippen MR) is 81.7 cm³/mol. The molecule has 0 aromatic rings. The first-order valence-corrected chi connectivity index (χ1v) is 8.19. The summed E-state index contributed by atoms with van der Waals surface area (Å²) < 4.78 is 5.04. The van der Waals surface area contributed by atoms with Gasteiger partial charge in [0, 0.05) is 5.92 Å². The van der Waals surface area contributed by atoms with Crippen molar-refractivity contribution in [1.82, 2.24) is 4.90 Å². The van der Waals surface area contributed by atoms with Gasteiger partial charge in [-0.1, -0.05) is 26.8 Å². The molecule has 0 aromatic carbocycles. The first-order chi connectivity index (χ1) is 9.76. The van der Waals surface area contributed by atoms with E-state index in [-0.39, 0.29) is 29.0 Å². The van der Waals surface area contributed by atoms with Crippen molar-refractivity contribution in [3.05, 3.63) is 11.5 Å². The van der Waals surface area contributed by atoms with Gasteiger partial charge in [0.05, 0.1) is 17.9 Å². The third kappa shape index (κ3) is 3.26. The normalized spacial score (nSPS) is 32.2. The van der Waals surface area contributed by atoms with Crippen molar-refractivity contribution >= 4 is 23.6 Å². The summed E-state index contributed by atoms with van der Waals surface area (Å²) in [6.07, 6.45) is 0.685. The molecular weight excluding hydrogens is 290 g/mol. The molecule has 2 aliphatic rings. The van der Waals surface area contributed by atoms with Crippen LogP contribution in [0.5, 0.6) is 0 Å². The van der Waals surface area contributed by atoms with E-state index in [9.17, 15) is 14.7 Å². The lowest BCUT2D eigenvalue weighted by atomic mass is 9.80. The summed E-state index contributed by atoms with van der Waals surface area (Å²) in [5.41, 5.74) is -0.131. The molecule has 2 aliphatic heterocycles. The van der Waals surface area contributed by atoms with Crippen LogP contribution in [0, 0.1) is 11.3 Å². The van der Waals surface area contributed by atoms with Crippen LogP contribution < -0.4 is 0 Å². The number of aliphatic hydroxyl groups is 1. The zero-order valence-corrected chi connectivity index (χ0v) is 13.7. The van der Waals surface area contributed by atoms with Crippen molar-refractivity contribution in [2.24, 2.45) is 11.3 Å². The molecule has 2 heterocycles. The number of hydrogen-bond donors (Lipinski definition) is 1. The molecule has 1 amide bonds. The van der Waals surface area contributed by atoms with Crippen molar-refractivity contribution in [3.8, 4) is 0 Å². The largest absolute Gasteiger partial charge is 0.450 e. The summed E-state index contributed by atoms with van der Waals surface area (Å²) in [7, 11) is 0. The van der Waals surface area contributed by atoms with Crippen LogP contribution in [0.25, 0.3) is 0 Å². The van der Waals surface area contributed by atoms with Crippen LogP contribution in [0.15, 0.2) is 11.5 Å². The highest BCUT2D eigenvalue weighted by atomic mass is 32.2. The molecule has 0 aromatic heterocycles. The van der Waals surface area contributed by atoms with Crippen LogP contribution in [-0.2, 0) is 9.53 Å². The van der Waals surface area contributed by atoms with Crippen molar-refractivity contribution in [1.29, 1.82) is 0 Å². The Hall–Kier alpha value is -1.01. The number of aliphatic hydroxyl groups excluding tert-OH is 1. The van der Waals surface area contributed by atoms with Gasteiger partial charge < -0.3 is 9.84 Å². The van der Waals surface area contributed by atoms with Crippen molar-refractivity contribution < 1.29 is 19.4 Å². The van der Waals surface area contributed by atoms with Gasteiger partial charge in [-0.25, -0.2) is 4.79 Å². The number of Topliss-reactive ketones (excluding diaryl/α,β-unsaturated/α-hetero) is 1. The lowest BCUT2D eigenvalue weighted by Crippen LogP contribution is -2.62. The zero-order chi connectivity index (χ0) is 15.8. The van der Waals surface area contributed by atoms with E-state index in [0.717, 1.165) is 0 Å². The highest BCUT2D eigenvalue weighted by molar-refractivity contribution is 8.03. The van der Waals surface area contributed by atoms with Gasteiger partial charge in [-0.3, -0.25) is 9.69 Å². The molecule has 2 rings (SSSR count). The fraction of sp³-hybridized carbons (Fsp3) is 0.733. The number of carbonyl (C=O) groups excluding carboxylic acids is 2. The highest BCUT2D eigenvalue weighted by Gasteiger charge is 2.51. The molecule has 0 aliphatic carbocycles. The molecule has 1 N–H and O–H groups in total. The minimum Gasteiger partial charge on any atom is -0.450 e. The van der Waals surface area contributed by atoms with E-state index in [2.05, 4.69) is 0 Å². The predicted octanol–water partition coefficient (Wildman–Crippen LogP) is 2.40. The van der Waals surface area contributed by atoms with Gasteiger partial charge in [0.2, 0.25) is 0 Å². The standard InChI is InChI=1S/C15H23NO4S/c1-5-20-14(19)16-10(8-15(2,3)4)11(17)12-9(13(16)18)6-7-21-12/h6-7,9-10,12-13,18H,5,8H2,1-4H3. The van der Waals surface area contributed by atoms with Crippen molar-refractivity contribution in [2.75, 3.05) is 6.61 Å². The number of fused-ring (bicyclic) bond motifs is 1. The second-order valence-corrected chi connectivity index (χ2v) is 7.72. The first-order valence-electron chi connectivity index (χ1n) is 7.25. The summed E-state index contributed by atoms with van der Waals surface area (Å²) >= 11 is 1.43. The Bertz CT molecular complexity index is 457. The Morgan fingerprint density at radius 1 is 1.48 bits per heavy atom. The van der Waals surface area contributed by atoms with Gasteiger partial charge in [-0.05, 0) is 24.2 Å². The Morgan fingerprint density at radius 2 is 2.14 bits per heavy atom. The maximum Gasteiger partial charge on any atom is 0.412 e. The number of ether oxygens (including phenoxy) is 1. The second kappa shape index (κ2) is 6.01. The van der Waals surface area contributed by atoms with Gasteiger partial charge in [-0.2, -0.15) is 0 Å². The third-order valence-corrected chi connectivity index (χ3v) is 4.89. The van der Waals surface area contributed by atoms with E-state index in [0.29, 0.717) is 6.42 Å². The summed E-state index contributed by atoms with van der Waals surface area (Å²) in [4.78, 5) is 26.2. The van der Waals surface area contributed by atoms with E-state index in [1.807, 2.05) is 26.2 Å². The number of rotatable bonds is 2. The maximum absolute atomic E-state index is 12.7. The van der Waals surface area contributed by atoms with Crippen LogP contribution in [-0.4, -0.2) is 46.0 Å². The van der Waals surface area contributed by atoms with Gasteiger partial charge >= 0.3 is 6.09 Å². The number of hydrogen-bond acceptors (Lipinski definition) is 5. The number of thioether (sulfide) groups is 1. The summed E-state index contributed by atoms with van der Waals surface area (Å²) in [6, 6.07) is -0.632. The molecule has 5 nitrogen and oxygen atoms in total. The highest BCUT2D eigenvalue weighted by Crippen LogP contribution is 2.41. The maximum atomic E-state index is 12.7. The molecular formula is C15H23NO4S. The van der Waals surface area contributed by atoms with Gasteiger partial charge in [-0.15, -0.1) is 11.8 Å². The molecule has 4 unspecified atom stereocenters. The van der Waals surface area contributed by atoms with Crippen LogP contribution in [0.4, 0.5) is 4.79 Å². The van der Waals surface area contributed by atoms with Crippen LogP contribution in [0.3, 0.4) is 0 Å². The molecule has 6 heteroatoms. The Morgan fingerprint density at radius 3 is 2.71 bits per heavy atom. The molecule has 0 saturated carbocycles. The van der Waals surface area contributed by atoms with E-state index in [4.69, 9.17) is 4.74 Å². The smallest absolute Gasteiger partial charge is 0.412 e. The average Bonchev–Trinajstić information content (AvgIpc) is 2.84. The third-order valence-electron chi connectivity index (χ3n) is 3.73. The first kappa shape index (κ1) is 16.4. The Labute approximate surface area is 129 Å². The molecule has 4 atom stereocenters. The topological polar surface area (TPSA) is 66.8 Å². The van der Waals surface area contributed by atoms with E-state index in [1.54, 1.807) is 13.0 Å². The number of likely N-dealkylation sites (tertiary alicyclic amines) is 1. The van der Waals surface area contributed by atoms with Gasteiger partial charge in [0.25, 0.3) is 0 Å². The minimum absolute atomic E-state index is 0.00304. The molecule has 0 spiro atoms. The number of carbonyl (C=O) groups is 2. The number of nitrogens with zero attached hydrogens (tertiary/aromatic N) is 1. The van der Waals surface area contributed by atoms with E-state index < -0.39 is 18.4 Å². The summed E-state index contributed by atoms with van der Waals surface area (Å²) in [6.45, 7) is 7.98. The number of ketones is 1. The van der Waals surface area contributed by atoms with E-state index in [1.165, 1.54) is 16.7 Å². The molecule has 1 saturated heterocycles. The Balaban J connectivity index is 2.32. The fourth-order valence-electron chi connectivity index (χ4n) is 2.83. The SMILES string of the molecule is CCOC(=O)N1C(CC(C)(C)C)C(=O)C2SC=CC2C1O. The quantitative estimate of drug-likeness (QED) is 0.848. The molecule has 1 fully saturated rings. The van der Waals surface area contributed by atoms with Crippen LogP contribution in [0.2, 0.25) is 0 Å². The lowest BCUT2D eigenvalue weighted by Gasteiger charge is -2.44. The fourth-order valence-corrected chi connectivity index (χ4v) is 3.98. The zero-order valence-electron chi connectivity index (χ0n) is 12.9. The lowest BCUT2D eigenvalue weighted by molar-refractivity contribution is -0.140.